The minimum absolute atomic E-state index is 0.0342. The lowest BCUT2D eigenvalue weighted by Gasteiger charge is -2.29. The van der Waals surface area contributed by atoms with Crippen molar-refractivity contribution in [1.29, 1.82) is 0 Å². The van der Waals surface area contributed by atoms with Crippen LogP contribution in [0.4, 0.5) is 0 Å². The monoisotopic (exact) mass is 484 g/mol. The van der Waals surface area contributed by atoms with E-state index >= 15 is 0 Å². The summed E-state index contributed by atoms with van der Waals surface area (Å²) in [5.41, 5.74) is 1.69. The third-order valence-electron chi connectivity index (χ3n) is 8.58. The second-order valence-corrected chi connectivity index (χ2v) is 13.1. The van der Waals surface area contributed by atoms with Crippen LogP contribution in [0.5, 0.6) is 17.2 Å². The Balaban J connectivity index is 1.32. The SMILES string of the molecule is CC1CCC2CC(CCC3Cc4c(O)cc(O)cc4C3Oc3ccc(S(C)(=O)=O)cc3)CC2C1. The van der Waals surface area contributed by atoms with Gasteiger partial charge in [0.1, 0.15) is 23.4 Å². The second-order valence-electron chi connectivity index (χ2n) is 11.1. The topological polar surface area (TPSA) is 83.8 Å². The predicted octanol–water partition coefficient (Wildman–Crippen LogP) is 6.04. The van der Waals surface area contributed by atoms with Crippen molar-refractivity contribution in [2.75, 3.05) is 6.26 Å². The van der Waals surface area contributed by atoms with Crippen LogP contribution in [0.1, 0.15) is 69.1 Å². The summed E-state index contributed by atoms with van der Waals surface area (Å²) in [4.78, 5) is 0.260. The third-order valence-corrected chi connectivity index (χ3v) is 9.71. The zero-order valence-corrected chi connectivity index (χ0v) is 20.9. The van der Waals surface area contributed by atoms with Gasteiger partial charge in [0.15, 0.2) is 9.84 Å². The smallest absolute Gasteiger partial charge is 0.175 e. The van der Waals surface area contributed by atoms with Gasteiger partial charge in [-0.25, -0.2) is 8.42 Å². The molecule has 0 aliphatic heterocycles. The van der Waals surface area contributed by atoms with Crippen molar-refractivity contribution in [1.82, 2.24) is 0 Å². The van der Waals surface area contributed by atoms with Crippen LogP contribution < -0.4 is 4.74 Å². The molecule has 34 heavy (non-hydrogen) atoms. The number of rotatable bonds is 6. The Hall–Kier alpha value is -2.21. The van der Waals surface area contributed by atoms with Crippen LogP contribution in [-0.2, 0) is 16.3 Å². The summed E-state index contributed by atoms with van der Waals surface area (Å²) in [7, 11) is -3.27. The van der Waals surface area contributed by atoms with Gasteiger partial charge in [-0.2, -0.15) is 0 Å². The second kappa shape index (κ2) is 9.10. The number of phenols is 2. The number of sulfone groups is 1. The predicted molar refractivity (Wildman–Crippen MR) is 132 cm³/mol. The molecule has 2 aromatic rings. The lowest BCUT2D eigenvalue weighted by Crippen LogP contribution is -2.18. The molecule has 3 aliphatic rings. The summed E-state index contributed by atoms with van der Waals surface area (Å²) in [6.07, 6.45) is 10.7. The first kappa shape index (κ1) is 23.5. The maximum Gasteiger partial charge on any atom is 0.175 e. The van der Waals surface area contributed by atoms with E-state index in [9.17, 15) is 18.6 Å². The highest BCUT2D eigenvalue weighted by atomic mass is 32.2. The molecule has 184 valence electrons. The quantitative estimate of drug-likeness (QED) is 0.522. The van der Waals surface area contributed by atoms with E-state index in [-0.39, 0.29) is 28.4 Å². The Morgan fingerprint density at radius 3 is 2.44 bits per heavy atom. The fourth-order valence-corrected chi connectivity index (χ4v) is 7.52. The summed E-state index contributed by atoms with van der Waals surface area (Å²) in [5.74, 6) is 4.40. The number of phenolic OH excluding ortho intramolecular Hbond substituents is 2. The molecule has 6 heteroatoms. The molecule has 3 aliphatic carbocycles. The molecule has 0 heterocycles. The molecule has 0 aromatic heterocycles. The zero-order chi connectivity index (χ0) is 24.0. The normalized spacial score (nSPS) is 30.6. The van der Waals surface area contributed by atoms with Gasteiger partial charge in [0.25, 0.3) is 0 Å². The molecule has 2 fully saturated rings. The van der Waals surface area contributed by atoms with Crippen LogP contribution in [0.15, 0.2) is 41.3 Å². The number of hydrogen-bond donors (Lipinski definition) is 2. The van der Waals surface area contributed by atoms with Crippen molar-refractivity contribution in [2.45, 2.75) is 69.3 Å². The molecular formula is C28H36O5S. The number of aromatic hydroxyl groups is 2. The molecule has 5 nitrogen and oxygen atoms in total. The number of fused-ring (bicyclic) bond motifs is 2. The Labute approximate surface area is 203 Å². The first-order valence-electron chi connectivity index (χ1n) is 12.7. The van der Waals surface area contributed by atoms with E-state index in [4.69, 9.17) is 4.74 Å². The lowest BCUT2D eigenvalue weighted by molar-refractivity contribution is 0.138. The first-order valence-corrected chi connectivity index (χ1v) is 14.6. The molecule has 2 aromatic carbocycles. The molecule has 0 bridgehead atoms. The molecule has 5 rings (SSSR count). The van der Waals surface area contributed by atoms with E-state index in [1.54, 1.807) is 30.3 Å². The lowest BCUT2D eigenvalue weighted by atomic mass is 9.77. The Morgan fingerprint density at radius 1 is 0.971 bits per heavy atom. The highest BCUT2D eigenvalue weighted by molar-refractivity contribution is 7.90. The van der Waals surface area contributed by atoms with E-state index in [1.165, 1.54) is 50.8 Å². The van der Waals surface area contributed by atoms with Crippen molar-refractivity contribution in [3.63, 3.8) is 0 Å². The van der Waals surface area contributed by atoms with Gasteiger partial charge in [-0.15, -0.1) is 0 Å². The largest absolute Gasteiger partial charge is 0.508 e. The minimum atomic E-state index is -3.27. The molecular weight excluding hydrogens is 448 g/mol. The molecule has 0 saturated heterocycles. The van der Waals surface area contributed by atoms with Crippen molar-refractivity contribution in [3.8, 4) is 17.2 Å². The van der Waals surface area contributed by atoms with Crippen LogP contribution in [-0.4, -0.2) is 24.9 Å². The average Bonchev–Trinajstić information content (AvgIpc) is 3.33. The van der Waals surface area contributed by atoms with Crippen molar-refractivity contribution >= 4 is 9.84 Å². The van der Waals surface area contributed by atoms with E-state index in [2.05, 4.69) is 6.92 Å². The first-order chi connectivity index (χ1) is 16.2. The molecule has 2 N–H and O–H groups in total. The van der Waals surface area contributed by atoms with Crippen molar-refractivity contribution in [3.05, 3.63) is 47.5 Å². The maximum atomic E-state index is 11.8. The molecule has 2 saturated carbocycles. The van der Waals surface area contributed by atoms with E-state index < -0.39 is 9.84 Å². The Kier molecular flexibility index (Phi) is 6.30. The summed E-state index contributed by atoms with van der Waals surface area (Å²) < 4.78 is 30.0. The zero-order valence-electron chi connectivity index (χ0n) is 20.1. The van der Waals surface area contributed by atoms with E-state index in [0.717, 1.165) is 47.6 Å². The van der Waals surface area contributed by atoms with E-state index in [0.29, 0.717) is 5.75 Å². The van der Waals surface area contributed by atoms with Gasteiger partial charge in [0.05, 0.1) is 4.90 Å². The van der Waals surface area contributed by atoms with Crippen LogP contribution in [0.2, 0.25) is 0 Å². The van der Waals surface area contributed by atoms with E-state index in [1.807, 2.05) is 0 Å². The van der Waals surface area contributed by atoms with Crippen molar-refractivity contribution in [2.24, 2.45) is 29.6 Å². The summed E-state index contributed by atoms with van der Waals surface area (Å²) >= 11 is 0. The van der Waals surface area contributed by atoms with Gasteiger partial charge >= 0.3 is 0 Å². The number of hydrogen-bond acceptors (Lipinski definition) is 5. The summed E-state index contributed by atoms with van der Waals surface area (Å²) in [6, 6.07) is 9.62. The highest BCUT2D eigenvalue weighted by Gasteiger charge is 2.40. The minimum Gasteiger partial charge on any atom is -0.508 e. The fourth-order valence-electron chi connectivity index (χ4n) is 6.89. The Morgan fingerprint density at radius 2 is 1.71 bits per heavy atom. The van der Waals surface area contributed by atoms with Crippen LogP contribution in [0.25, 0.3) is 0 Å². The molecule has 6 atom stereocenters. The number of benzene rings is 2. The van der Waals surface area contributed by atoms with Gasteiger partial charge < -0.3 is 14.9 Å². The average molecular weight is 485 g/mol. The summed E-state index contributed by atoms with van der Waals surface area (Å²) in [5, 5.41) is 20.6. The molecule has 6 unspecified atom stereocenters. The molecule has 0 radical (unpaired) electrons. The molecule has 0 spiro atoms. The Bertz CT molecular complexity index is 1140. The van der Waals surface area contributed by atoms with Gasteiger partial charge in [-0.1, -0.05) is 19.8 Å². The van der Waals surface area contributed by atoms with Crippen molar-refractivity contribution < 1.29 is 23.4 Å². The highest BCUT2D eigenvalue weighted by Crippen LogP contribution is 2.51. The van der Waals surface area contributed by atoms with Gasteiger partial charge in [-0.05, 0) is 92.5 Å². The molecule has 0 amide bonds. The fraction of sp³-hybridized carbons (Fsp3) is 0.571. The van der Waals surface area contributed by atoms with Crippen LogP contribution in [0, 0.1) is 29.6 Å². The third kappa shape index (κ3) is 4.79. The van der Waals surface area contributed by atoms with Crippen LogP contribution in [0.3, 0.4) is 0 Å². The number of ether oxygens (including phenoxy) is 1. The maximum absolute atomic E-state index is 11.8. The van der Waals surface area contributed by atoms with Gasteiger partial charge in [0, 0.05) is 29.4 Å². The van der Waals surface area contributed by atoms with Gasteiger partial charge in [0.2, 0.25) is 0 Å². The van der Waals surface area contributed by atoms with Crippen LogP contribution >= 0.6 is 0 Å². The standard InChI is InChI=1S/C28H36O5S/c1-17-3-5-19-12-18(13-21(19)11-17)4-6-20-14-25-26(15-22(29)16-27(25)30)28(20)33-23-7-9-24(10-8-23)34(2,31)32/h7-10,15-21,28-30H,3-6,11-14H2,1-2H3. The summed E-state index contributed by atoms with van der Waals surface area (Å²) in [6.45, 7) is 2.39. The van der Waals surface area contributed by atoms with Gasteiger partial charge in [-0.3, -0.25) is 0 Å².